The molecule has 150 valence electrons. The Morgan fingerprint density at radius 1 is 1.29 bits per heavy atom. The second-order valence-corrected chi connectivity index (χ2v) is 7.18. The maximum atomic E-state index is 5.49. The molecule has 28 heavy (non-hydrogen) atoms. The summed E-state index contributed by atoms with van der Waals surface area (Å²) in [5, 5.41) is 7.71. The van der Waals surface area contributed by atoms with E-state index in [1.807, 2.05) is 30.6 Å². The number of aliphatic imine (C=N–C) groups is 1. The Hall–Kier alpha value is -2.45. The van der Waals surface area contributed by atoms with E-state index in [2.05, 4.69) is 32.1 Å². The van der Waals surface area contributed by atoms with Crippen LogP contribution in [-0.2, 0) is 11.3 Å². The van der Waals surface area contributed by atoms with Crippen molar-refractivity contribution < 1.29 is 4.74 Å². The molecule has 2 fully saturated rings. The summed E-state index contributed by atoms with van der Waals surface area (Å²) in [6.45, 7) is 9.47. The zero-order valence-electron chi connectivity index (χ0n) is 16.5. The standard InChI is InChI=1S/C20H29N7O/c1-2-21-20(26-9-5-18(16-26)25-10-12-28-13-11-25)23-15-17-4-7-22-19(14-17)27-8-3-6-24-27/h3-4,6-8,14,18H,2,5,9-13,15-16H2,1H3,(H,21,23). The average Bonchev–Trinajstić information content (AvgIpc) is 3.44. The summed E-state index contributed by atoms with van der Waals surface area (Å²) in [4.78, 5) is 14.2. The zero-order chi connectivity index (χ0) is 19.2. The van der Waals surface area contributed by atoms with Crippen molar-refractivity contribution >= 4 is 5.96 Å². The smallest absolute Gasteiger partial charge is 0.194 e. The van der Waals surface area contributed by atoms with Crippen LogP contribution in [0.15, 0.2) is 41.8 Å². The Balaban J connectivity index is 1.42. The van der Waals surface area contributed by atoms with Gasteiger partial charge in [0.25, 0.3) is 0 Å². The maximum Gasteiger partial charge on any atom is 0.194 e. The van der Waals surface area contributed by atoms with Gasteiger partial charge in [0.1, 0.15) is 0 Å². The molecule has 0 amide bonds. The van der Waals surface area contributed by atoms with Crippen molar-refractivity contribution in [3.05, 3.63) is 42.4 Å². The molecule has 0 saturated carbocycles. The van der Waals surface area contributed by atoms with E-state index in [0.29, 0.717) is 12.6 Å². The second kappa shape index (κ2) is 9.16. The first-order chi connectivity index (χ1) is 13.8. The maximum absolute atomic E-state index is 5.49. The molecule has 0 radical (unpaired) electrons. The average molecular weight is 384 g/mol. The van der Waals surface area contributed by atoms with Gasteiger partial charge >= 0.3 is 0 Å². The zero-order valence-corrected chi connectivity index (χ0v) is 16.5. The van der Waals surface area contributed by atoms with Crippen LogP contribution < -0.4 is 5.32 Å². The van der Waals surface area contributed by atoms with Crippen molar-refractivity contribution in [1.29, 1.82) is 0 Å². The fourth-order valence-electron chi connectivity index (χ4n) is 3.86. The van der Waals surface area contributed by atoms with Crippen molar-refractivity contribution in [2.24, 2.45) is 4.99 Å². The lowest BCUT2D eigenvalue weighted by Gasteiger charge is -2.32. The van der Waals surface area contributed by atoms with Gasteiger partial charge in [0.05, 0.1) is 19.8 Å². The van der Waals surface area contributed by atoms with Crippen LogP contribution in [0, 0.1) is 0 Å². The fourth-order valence-corrected chi connectivity index (χ4v) is 3.86. The van der Waals surface area contributed by atoms with Crippen LogP contribution in [0.1, 0.15) is 18.9 Å². The highest BCUT2D eigenvalue weighted by Crippen LogP contribution is 2.17. The minimum absolute atomic E-state index is 0.597. The molecule has 0 bridgehead atoms. The Morgan fingerprint density at radius 3 is 2.96 bits per heavy atom. The lowest BCUT2D eigenvalue weighted by Crippen LogP contribution is -2.46. The summed E-state index contributed by atoms with van der Waals surface area (Å²) >= 11 is 0. The molecule has 0 spiro atoms. The molecule has 2 aliphatic heterocycles. The third kappa shape index (κ3) is 4.51. The monoisotopic (exact) mass is 383 g/mol. The lowest BCUT2D eigenvalue weighted by molar-refractivity contribution is 0.0195. The van der Waals surface area contributed by atoms with Crippen LogP contribution in [0.3, 0.4) is 0 Å². The molecule has 4 heterocycles. The number of aromatic nitrogens is 3. The highest BCUT2D eigenvalue weighted by molar-refractivity contribution is 5.80. The molecule has 2 saturated heterocycles. The summed E-state index contributed by atoms with van der Waals surface area (Å²) in [5.41, 5.74) is 1.12. The molecule has 8 nitrogen and oxygen atoms in total. The molecule has 0 aromatic carbocycles. The van der Waals surface area contributed by atoms with Crippen LogP contribution in [0.4, 0.5) is 0 Å². The van der Waals surface area contributed by atoms with Gasteiger partial charge in [0.15, 0.2) is 11.8 Å². The van der Waals surface area contributed by atoms with Gasteiger partial charge in [-0.05, 0) is 37.1 Å². The fraction of sp³-hybridized carbons (Fsp3) is 0.550. The third-order valence-electron chi connectivity index (χ3n) is 5.32. The molecule has 8 heteroatoms. The largest absolute Gasteiger partial charge is 0.379 e. The number of likely N-dealkylation sites (tertiary alicyclic amines) is 1. The van der Waals surface area contributed by atoms with Gasteiger partial charge in [-0.15, -0.1) is 0 Å². The normalized spacial score (nSPS) is 21.2. The number of ether oxygens (including phenoxy) is 1. The van der Waals surface area contributed by atoms with E-state index in [1.165, 1.54) is 6.42 Å². The first kappa shape index (κ1) is 18.9. The van der Waals surface area contributed by atoms with Gasteiger partial charge in [-0.2, -0.15) is 5.10 Å². The SMILES string of the molecule is CCNC(=NCc1ccnc(-n2cccn2)c1)N1CCC(N2CCOCC2)C1. The van der Waals surface area contributed by atoms with Gasteiger partial charge in [-0.3, -0.25) is 4.90 Å². The van der Waals surface area contributed by atoms with E-state index < -0.39 is 0 Å². The number of rotatable bonds is 5. The summed E-state index contributed by atoms with van der Waals surface area (Å²) in [7, 11) is 0. The van der Waals surface area contributed by atoms with E-state index in [-0.39, 0.29) is 0 Å². The predicted molar refractivity (Wildman–Crippen MR) is 109 cm³/mol. The summed E-state index contributed by atoms with van der Waals surface area (Å²) in [6, 6.07) is 6.55. The van der Waals surface area contributed by atoms with Crippen LogP contribution >= 0.6 is 0 Å². The number of hydrogen-bond donors (Lipinski definition) is 1. The van der Waals surface area contributed by atoms with Crippen molar-refractivity contribution in [3.8, 4) is 5.82 Å². The van der Waals surface area contributed by atoms with E-state index >= 15 is 0 Å². The number of nitrogens with one attached hydrogen (secondary N) is 1. The summed E-state index contributed by atoms with van der Waals surface area (Å²) in [5.74, 6) is 1.81. The minimum Gasteiger partial charge on any atom is -0.379 e. The number of morpholine rings is 1. The van der Waals surface area contributed by atoms with Gasteiger partial charge in [-0.1, -0.05) is 0 Å². The first-order valence-electron chi connectivity index (χ1n) is 10.1. The van der Waals surface area contributed by atoms with Crippen molar-refractivity contribution in [2.45, 2.75) is 25.9 Å². The topological polar surface area (TPSA) is 70.8 Å². The van der Waals surface area contributed by atoms with Crippen molar-refractivity contribution in [3.63, 3.8) is 0 Å². The van der Waals surface area contributed by atoms with E-state index in [9.17, 15) is 0 Å². The molecule has 1 atom stereocenters. The Morgan fingerprint density at radius 2 is 2.18 bits per heavy atom. The van der Waals surface area contributed by atoms with E-state index in [4.69, 9.17) is 9.73 Å². The second-order valence-electron chi connectivity index (χ2n) is 7.18. The Labute approximate surface area is 166 Å². The number of nitrogens with zero attached hydrogens (tertiary/aromatic N) is 6. The van der Waals surface area contributed by atoms with E-state index in [0.717, 1.165) is 63.3 Å². The highest BCUT2D eigenvalue weighted by Gasteiger charge is 2.30. The molecular formula is C20H29N7O. The molecule has 2 aromatic rings. The summed E-state index contributed by atoms with van der Waals surface area (Å²) in [6.07, 6.45) is 6.66. The third-order valence-corrected chi connectivity index (χ3v) is 5.32. The van der Waals surface area contributed by atoms with E-state index in [1.54, 1.807) is 10.9 Å². The Bertz CT molecular complexity index is 771. The van der Waals surface area contributed by atoms with Crippen molar-refractivity contribution in [2.75, 3.05) is 45.9 Å². The van der Waals surface area contributed by atoms with Crippen LogP contribution in [-0.4, -0.2) is 82.5 Å². The minimum atomic E-state index is 0.597. The Kier molecular flexibility index (Phi) is 6.18. The molecule has 4 rings (SSSR count). The molecule has 1 unspecified atom stereocenters. The molecule has 2 aromatic heterocycles. The first-order valence-corrected chi connectivity index (χ1v) is 10.1. The molecular weight excluding hydrogens is 354 g/mol. The van der Waals surface area contributed by atoms with Crippen molar-refractivity contribution in [1.82, 2.24) is 29.9 Å². The highest BCUT2D eigenvalue weighted by atomic mass is 16.5. The van der Waals surface area contributed by atoms with Gasteiger partial charge in [0, 0.05) is 57.4 Å². The quantitative estimate of drug-likeness (QED) is 0.617. The van der Waals surface area contributed by atoms with Gasteiger partial charge in [-0.25, -0.2) is 14.7 Å². The van der Waals surface area contributed by atoms with Crippen LogP contribution in [0.2, 0.25) is 0 Å². The van der Waals surface area contributed by atoms with Gasteiger partial charge < -0.3 is 15.0 Å². The summed E-state index contributed by atoms with van der Waals surface area (Å²) < 4.78 is 7.26. The number of pyridine rings is 1. The molecule has 0 aliphatic carbocycles. The van der Waals surface area contributed by atoms with Crippen LogP contribution in [0.5, 0.6) is 0 Å². The predicted octanol–water partition coefficient (Wildman–Crippen LogP) is 1.14. The molecule has 2 aliphatic rings. The van der Waals surface area contributed by atoms with Crippen LogP contribution in [0.25, 0.3) is 5.82 Å². The number of hydrogen-bond acceptors (Lipinski definition) is 5. The van der Waals surface area contributed by atoms with Gasteiger partial charge in [0.2, 0.25) is 0 Å². The molecule has 1 N–H and O–H groups in total. The number of guanidine groups is 1. The lowest BCUT2D eigenvalue weighted by atomic mass is 10.2.